The number of carbonyl (C=O) groups is 2. The molecule has 166 valence electrons. The number of nitrogens with zero attached hydrogens (tertiary/aromatic N) is 2. The molecule has 8 nitrogen and oxygen atoms in total. The Balaban J connectivity index is 1.44. The third kappa shape index (κ3) is 4.04. The van der Waals surface area contributed by atoms with Crippen LogP contribution in [0.25, 0.3) is 22.4 Å². The topological polar surface area (TPSA) is 112 Å². The van der Waals surface area contributed by atoms with Crippen molar-refractivity contribution in [2.24, 2.45) is 5.92 Å². The third-order valence-corrected chi connectivity index (χ3v) is 6.68. The molecule has 2 bridgehead atoms. The number of aromatic nitrogens is 3. The second kappa shape index (κ2) is 8.26. The number of hydrogen-bond acceptors (Lipinski definition) is 5. The molecule has 0 spiro atoms. The summed E-state index contributed by atoms with van der Waals surface area (Å²) in [4.78, 5) is 36.9. The van der Waals surface area contributed by atoms with E-state index in [2.05, 4.69) is 25.9 Å². The molecule has 2 aromatic heterocycles. The molecule has 3 aromatic rings. The van der Waals surface area contributed by atoms with E-state index in [1.54, 1.807) is 0 Å². The molecule has 4 N–H and O–H groups in total. The summed E-state index contributed by atoms with van der Waals surface area (Å²) in [5.41, 5.74) is 1.95. The average Bonchev–Trinajstić information content (AvgIpc) is 3.51. The minimum absolute atomic E-state index is 0.0423. The molecule has 0 unspecified atom stereocenters. The van der Waals surface area contributed by atoms with E-state index in [0.29, 0.717) is 36.1 Å². The fourth-order valence-electron chi connectivity index (χ4n) is 5.08. The summed E-state index contributed by atoms with van der Waals surface area (Å²) < 4.78 is 0. The molecule has 1 aromatic carbocycles. The second-order valence-electron chi connectivity index (χ2n) is 9.00. The fraction of sp³-hybridized carbons (Fsp3) is 0.417. The number of carbonyl (C=O) groups excluding carboxylic acids is 2. The molecule has 32 heavy (non-hydrogen) atoms. The van der Waals surface area contributed by atoms with Crippen LogP contribution in [0.5, 0.6) is 0 Å². The number of benzene rings is 1. The maximum Gasteiger partial charge on any atom is 0.268 e. The molecule has 5 rings (SSSR count). The normalized spacial score (nSPS) is 21.6. The Labute approximate surface area is 186 Å². The van der Waals surface area contributed by atoms with Crippen molar-refractivity contribution < 1.29 is 9.59 Å². The van der Waals surface area contributed by atoms with Gasteiger partial charge in [0, 0.05) is 31.1 Å². The molecule has 2 aliphatic rings. The van der Waals surface area contributed by atoms with Crippen molar-refractivity contribution in [3.8, 4) is 11.4 Å². The van der Waals surface area contributed by atoms with Gasteiger partial charge in [0.2, 0.25) is 5.91 Å². The monoisotopic (exact) mass is 432 g/mol. The number of H-pyrrole nitrogens is 1. The zero-order valence-corrected chi connectivity index (χ0v) is 18.2. The third-order valence-electron chi connectivity index (χ3n) is 6.68. The van der Waals surface area contributed by atoms with Crippen LogP contribution in [0, 0.1) is 5.92 Å². The van der Waals surface area contributed by atoms with Crippen LogP contribution >= 0.6 is 0 Å². The van der Waals surface area contributed by atoms with Gasteiger partial charge in [0.25, 0.3) is 5.91 Å². The van der Waals surface area contributed by atoms with Gasteiger partial charge in [0.15, 0.2) is 5.82 Å². The zero-order chi connectivity index (χ0) is 22.1. The van der Waals surface area contributed by atoms with Crippen LogP contribution < -0.4 is 16.0 Å². The SMILES string of the molecule is CC(=O)NCCNc1nc(-c2ccccc2)nc2[nH]c(C(=O)NC34CCC(CC3)C4)cc12. The van der Waals surface area contributed by atoms with Crippen molar-refractivity contribution in [2.45, 2.75) is 44.6 Å². The maximum absolute atomic E-state index is 13.1. The summed E-state index contributed by atoms with van der Waals surface area (Å²) in [6.07, 6.45) is 5.64. The van der Waals surface area contributed by atoms with Gasteiger partial charge in [-0.2, -0.15) is 0 Å². The molecule has 0 saturated heterocycles. The molecule has 2 heterocycles. The Hall–Kier alpha value is -3.42. The number of rotatable bonds is 7. The lowest BCUT2D eigenvalue weighted by Crippen LogP contribution is -2.45. The first-order valence-electron chi connectivity index (χ1n) is 11.3. The van der Waals surface area contributed by atoms with Gasteiger partial charge in [0.1, 0.15) is 17.2 Å². The van der Waals surface area contributed by atoms with Gasteiger partial charge < -0.3 is 20.9 Å². The Morgan fingerprint density at radius 1 is 1.12 bits per heavy atom. The molecule has 0 atom stereocenters. The van der Waals surface area contributed by atoms with Crippen molar-refractivity contribution in [2.75, 3.05) is 18.4 Å². The highest BCUT2D eigenvalue weighted by atomic mass is 16.2. The van der Waals surface area contributed by atoms with Gasteiger partial charge in [-0.05, 0) is 44.1 Å². The largest absolute Gasteiger partial charge is 0.368 e. The lowest BCUT2D eigenvalue weighted by atomic mass is 9.93. The van der Waals surface area contributed by atoms with E-state index in [1.807, 2.05) is 36.4 Å². The molecule has 2 amide bonds. The van der Waals surface area contributed by atoms with Crippen LogP contribution in [-0.2, 0) is 4.79 Å². The molecule has 2 aliphatic carbocycles. The van der Waals surface area contributed by atoms with E-state index in [-0.39, 0.29) is 17.4 Å². The molecule has 0 radical (unpaired) electrons. The van der Waals surface area contributed by atoms with Crippen LogP contribution in [0.1, 0.15) is 49.5 Å². The summed E-state index contributed by atoms with van der Waals surface area (Å²) >= 11 is 0. The van der Waals surface area contributed by atoms with Gasteiger partial charge in [-0.15, -0.1) is 0 Å². The van der Waals surface area contributed by atoms with E-state index in [9.17, 15) is 9.59 Å². The highest BCUT2D eigenvalue weighted by Crippen LogP contribution is 2.47. The highest BCUT2D eigenvalue weighted by Gasteiger charge is 2.45. The van der Waals surface area contributed by atoms with Crippen molar-refractivity contribution in [1.82, 2.24) is 25.6 Å². The van der Waals surface area contributed by atoms with Crippen molar-refractivity contribution in [3.05, 3.63) is 42.1 Å². The lowest BCUT2D eigenvalue weighted by molar-refractivity contribution is -0.118. The van der Waals surface area contributed by atoms with Gasteiger partial charge >= 0.3 is 0 Å². The van der Waals surface area contributed by atoms with Crippen LogP contribution in [0.4, 0.5) is 5.82 Å². The van der Waals surface area contributed by atoms with Gasteiger partial charge in [-0.3, -0.25) is 9.59 Å². The van der Waals surface area contributed by atoms with Crippen molar-refractivity contribution in [1.29, 1.82) is 0 Å². The van der Waals surface area contributed by atoms with Gasteiger partial charge in [-0.1, -0.05) is 30.3 Å². The van der Waals surface area contributed by atoms with Crippen LogP contribution in [-0.4, -0.2) is 45.4 Å². The second-order valence-corrected chi connectivity index (χ2v) is 9.00. The maximum atomic E-state index is 13.1. The Kier molecular flexibility index (Phi) is 5.28. The van der Waals surface area contributed by atoms with Crippen molar-refractivity contribution >= 4 is 28.7 Å². The number of anilines is 1. The summed E-state index contributed by atoms with van der Waals surface area (Å²) in [6.45, 7) is 2.48. The first-order chi connectivity index (χ1) is 15.5. The van der Waals surface area contributed by atoms with E-state index < -0.39 is 0 Å². The number of amides is 2. The standard InChI is InChI=1S/C24H28N6O2/c1-15(31)25-11-12-26-21-18-13-19(23(32)30-24-9-7-16(14-24)8-10-24)27-22(18)29-20(28-21)17-5-3-2-4-6-17/h2-6,13,16H,7-12,14H2,1H3,(H,25,31)(H,30,32)(H2,26,27,28,29). The minimum atomic E-state index is -0.0870. The van der Waals surface area contributed by atoms with E-state index in [0.717, 1.165) is 36.1 Å². The van der Waals surface area contributed by atoms with E-state index >= 15 is 0 Å². The Bertz CT molecular complexity index is 1150. The number of hydrogen-bond donors (Lipinski definition) is 4. The lowest BCUT2D eigenvalue weighted by Gasteiger charge is -2.27. The first-order valence-corrected chi connectivity index (χ1v) is 11.3. The fourth-order valence-corrected chi connectivity index (χ4v) is 5.08. The molecule has 2 fully saturated rings. The Morgan fingerprint density at radius 2 is 1.91 bits per heavy atom. The van der Waals surface area contributed by atoms with Crippen LogP contribution in [0.3, 0.4) is 0 Å². The van der Waals surface area contributed by atoms with Crippen LogP contribution in [0.2, 0.25) is 0 Å². The summed E-state index contributed by atoms with van der Waals surface area (Å²) in [6, 6.07) is 11.6. The predicted octanol–water partition coefficient (Wildman–Crippen LogP) is 3.24. The summed E-state index contributed by atoms with van der Waals surface area (Å²) in [5, 5.41) is 10.1. The molecular weight excluding hydrogens is 404 g/mol. The smallest absolute Gasteiger partial charge is 0.268 e. The quantitative estimate of drug-likeness (QED) is 0.428. The number of fused-ring (bicyclic) bond motifs is 3. The number of aromatic amines is 1. The molecule has 8 heteroatoms. The highest BCUT2D eigenvalue weighted by molar-refractivity contribution is 6.00. The first kappa shape index (κ1) is 20.5. The molecular formula is C24H28N6O2. The molecule has 2 saturated carbocycles. The Morgan fingerprint density at radius 3 is 2.59 bits per heavy atom. The minimum Gasteiger partial charge on any atom is -0.368 e. The van der Waals surface area contributed by atoms with Gasteiger partial charge in [-0.25, -0.2) is 9.97 Å². The van der Waals surface area contributed by atoms with Crippen LogP contribution in [0.15, 0.2) is 36.4 Å². The molecule has 0 aliphatic heterocycles. The summed E-state index contributed by atoms with van der Waals surface area (Å²) in [5.74, 6) is 1.80. The predicted molar refractivity (Wildman–Crippen MR) is 123 cm³/mol. The zero-order valence-electron chi connectivity index (χ0n) is 18.2. The van der Waals surface area contributed by atoms with Crippen molar-refractivity contribution in [3.63, 3.8) is 0 Å². The number of nitrogens with one attached hydrogen (secondary N) is 4. The van der Waals surface area contributed by atoms with E-state index in [1.165, 1.54) is 19.8 Å². The van der Waals surface area contributed by atoms with E-state index in [4.69, 9.17) is 4.98 Å². The average molecular weight is 433 g/mol. The van der Waals surface area contributed by atoms with Gasteiger partial charge in [0.05, 0.1) is 5.39 Å². The summed E-state index contributed by atoms with van der Waals surface area (Å²) in [7, 11) is 0.